The van der Waals surface area contributed by atoms with Crippen LogP contribution in [0.25, 0.3) is 0 Å². The van der Waals surface area contributed by atoms with Gasteiger partial charge in [0, 0.05) is 12.6 Å². The molecule has 0 saturated carbocycles. The number of carbonyl (C=O) groups excluding carboxylic acids is 1. The number of hydrogen-bond donors (Lipinski definition) is 1. The summed E-state index contributed by atoms with van der Waals surface area (Å²) in [6, 6.07) is 0.659. The topological polar surface area (TPSA) is 55.6 Å². The minimum absolute atomic E-state index is 0.284. The van der Waals surface area contributed by atoms with E-state index < -0.39 is 5.54 Å². The largest absolute Gasteiger partial charge is 0.465 e. The molecule has 0 radical (unpaired) electrons. The molecule has 0 aromatic carbocycles. The summed E-state index contributed by atoms with van der Waals surface area (Å²) in [5.74, 6) is 0.502. The highest BCUT2D eigenvalue weighted by Gasteiger charge is 2.31. The van der Waals surface area contributed by atoms with E-state index in [2.05, 4.69) is 18.7 Å². The number of ether oxygens (including phenoxy) is 1. The molecule has 0 spiro atoms. The summed E-state index contributed by atoms with van der Waals surface area (Å²) >= 11 is 0. The summed E-state index contributed by atoms with van der Waals surface area (Å²) in [6.45, 7) is 10.7. The zero-order valence-corrected chi connectivity index (χ0v) is 12.2. The van der Waals surface area contributed by atoms with E-state index in [-0.39, 0.29) is 5.97 Å². The van der Waals surface area contributed by atoms with Crippen LogP contribution in [0.2, 0.25) is 0 Å². The van der Waals surface area contributed by atoms with Crippen LogP contribution in [0.15, 0.2) is 0 Å². The summed E-state index contributed by atoms with van der Waals surface area (Å²) in [7, 11) is 0. The minimum atomic E-state index is -0.843. The lowest BCUT2D eigenvalue weighted by atomic mass is 9.97. The minimum Gasteiger partial charge on any atom is -0.465 e. The average Bonchev–Trinajstić information content (AvgIpc) is 2.57. The van der Waals surface area contributed by atoms with Crippen molar-refractivity contribution >= 4 is 5.97 Å². The third-order valence-corrected chi connectivity index (χ3v) is 3.80. The van der Waals surface area contributed by atoms with Gasteiger partial charge in [0.2, 0.25) is 0 Å². The van der Waals surface area contributed by atoms with Crippen molar-refractivity contribution in [2.45, 2.75) is 58.5 Å². The quantitative estimate of drug-likeness (QED) is 0.736. The van der Waals surface area contributed by atoms with E-state index in [1.807, 2.05) is 0 Å². The van der Waals surface area contributed by atoms with Crippen molar-refractivity contribution in [3.63, 3.8) is 0 Å². The third-order valence-electron chi connectivity index (χ3n) is 3.80. The van der Waals surface area contributed by atoms with E-state index in [0.717, 1.165) is 18.9 Å². The molecular formula is C14H28N2O2. The highest BCUT2D eigenvalue weighted by Crippen LogP contribution is 2.23. The Kier molecular flexibility index (Phi) is 5.60. The zero-order chi connectivity index (χ0) is 13.8. The summed E-state index contributed by atoms with van der Waals surface area (Å²) in [4.78, 5) is 14.1. The van der Waals surface area contributed by atoms with Gasteiger partial charge in [0.05, 0.1) is 6.61 Å². The molecule has 3 atom stereocenters. The molecule has 0 bridgehead atoms. The molecule has 1 fully saturated rings. The fraction of sp³-hybridized carbons (Fsp3) is 0.929. The summed E-state index contributed by atoms with van der Waals surface area (Å²) < 4.78 is 4.99. The number of rotatable bonds is 6. The zero-order valence-electron chi connectivity index (χ0n) is 12.2. The van der Waals surface area contributed by atoms with Gasteiger partial charge in [-0.2, -0.15) is 0 Å². The normalized spacial score (nSPS) is 28.1. The van der Waals surface area contributed by atoms with Crippen LogP contribution in [0, 0.1) is 5.92 Å². The fourth-order valence-corrected chi connectivity index (χ4v) is 2.75. The van der Waals surface area contributed by atoms with Gasteiger partial charge >= 0.3 is 5.97 Å². The number of esters is 1. The van der Waals surface area contributed by atoms with Crippen LogP contribution in [0.5, 0.6) is 0 Å². The van der Waals surface area contributed by atoms with E-state index in [4.69, 9.17) is 10.5 Å². The van der Waals surface area contributed by atoms with Crippen molar-refractivity contribution in [3.8, 4) is 0 Å². The molecule has 4 heteroatoms. The standard InChI is InChI=1S/C14H28N2O2/c1-5-18-13(17)14(4,15)7-6-8-16-10-11(2)9-12(16)3/h11-12H,5-10,15H2,1-4H3. The van der Waals surface area contributed by atoms with Crippen molar-refractivity contribution in [2.75, 3.05) is 19.7 Å². The van der Waals surface area contributed by atoms with Gasteiger partial charge in [0.25, 0.3) is 0 Å². The Hall–Kier alpha value is -0.610. The Morgan fingerprint density at radius 3 is 2.67 bits per heavy atom. The lowest BCUT2D eigenvalue weighted by molar-refractivity contribution is -0.149. The number of nitrogens with two attached hydrogens (primary N) is 1. The molecule has 0 aliphatic carbocycles. The maximum absolute atomic E-state index is 11.6. The van der Waals surface area contributed by atoms with E-state index in [0.29, 0.717) is 19.1 Å². The van der Waals surface area contributed by atoms with Crippen molar-refractivity contribution in [1.29, 1.82) is 0 Å². The predicted octanol–water partition coefficient (Wildman–Crippen LogP) is 1.78. The van der Waals surface area contributed by atoms with Crippen molar-refractivity contribution in [3.05, 3.63) is 0 Å². The summed E-state index contributed by atoms with van der Waals surface area (Å²) in [6.07, 6.45) is 2.91. The van der Waals surface area contributed by atoms with Gasteiger partial charge in [-0.3, -0.25) is 4.79 Å². The van der Waals surface area contributed by atoms with Crippen molar-refractivity contribution in [1.82, 2.24) is 4.90 Å². The Morgan fingerprint density at radius 1 is 1.50 bits per heavy atom. The second kappa shape index (κ2) is 6.53. The molecule has 4 nitrogen and oxygen atoms in total. The Bertz CT molecular complexity index is 279. The van der Waals surface area contributed by atoms with Crippen LogP contribution in [-0.2, 0) is 9.53 Å². The smallest absolute Gasteiger partial charge is 0.325 e. The molecule has 106 valence electrons. The van der Waals surface area contributed by atoms with Gasteiger partial charge < -0.3 is 15.4 Å². The molecule has 0 aromatic heterocycles. The molecule has 1 rings (SSSR count). The molecule has 1 aliphatic rings. The van der Waals surface area contributed by atoms with E-state index in [1.165, 1.54) is 13.0 Å². The first kappa shape index (κ1) is 15.4. The summed E-state index contributed by atoms with van der Waals surface area (Å²) in [5, 5.41) is 0. The van der Waals surface area contributed by atoms with Gasteiger partial charge in [0.15, 0.2) is 0 Å². The lowest BCUT2D eigenvalue weighted by Gasteiger charge is -2.25. The van der Waals surface area contributed by atoms with Gasteiger partial charge in [-0.1, -0.05) is 6.92 Å². The lowest BCUT2D eigenvalue weighted by Crippen LogP contribution is -2.46. The molecule has 0 amide bonds. The van der Waals surface area contributed by atoms with Crippen LogP contribution in [-0.4, -0.2) is 42.1 Å². The van der Waals surface area contributed by atoms with Crippen LogP contribution >= 0.6 is 0 Å². The SMILES string of the molecule is CCOC(=O)C(C)(N)CCCN1CC(C)CC1C. The van der Waals surface area contributed by atoms with Crippen LogP contribution in [0.4, 0.5) is 0 Å². The van der Waals surface area contributed by atoms with Gasteiger partial charge in [0.1, 0.15) is 5.54 Å². The van der Waals surface area contributed by atoms with Crippen molar-refractivity contribution < 1.29 is 9.53 Å². The third kappa shape index (κ3) is 4.25. The maximum Gasteiger partial charge on any atom is 0.325 e. The first-order chi connectivity index (χ1) is 8.36. The van der Waals surface area contributed by atoms with Gasteiger partial charge in [-0.05, 0) is 52.5 Å². The Labute approximate surface area is 111 Å². The van der Waals surface area contributed by atoms with Crippen LogP contribution < -0.4 is 5.73 Å². The van der Waals surface area contributed by atoms with E-state index in [1.54, 1.807) is 13.8 Å². The molecule has 1 heterocycles. The number of carbonyl (C=O) groups is 1. The predicted molar refractivity (Wildman–Crippen MR) is 73.3 cm³/mol. The van der Waals surface area contributed by atoms with Crippen molar-refractivity contribution in [2.24, 2.45) is 11.7 Å². The highest BCUT2D eigenvalue weighted by atomic mass is 16.5. The Morgan fingerprint density at radius 2 is 2.17 bits per heavy atom. The van der Waals surface area contributed by atoms with E-state index >= 15 is 0 Å². The second-order valence-electron chi connectivity index (χ2n) is 5.93. The van der Waals surface area contributed by atoms with E-state index in [9.17, 15) is 4.79 Å². The fourth-order valence-electron chi connectivity index (χ4n) is 2.75. The summed E-state index contributed by atoms with van der Waals surface area (Å²) in [5.41, 5.74) is 5.16. The monoisotopic (exact) mass is 256 g/mol. The first-order valence-electron chi connectivity index (χ1n) is 7.07. The second-order valence-corrected chi connectivity index (χ2v) is 5.93. The molecular weight excluding hydrogens is 228 g/mol. The molecule has 3 unspecified atom stereocenters. The Balaban J connectivity index is 2.30. The molecule has 0 aromatic rings. The number of hydrogen-bond acceptors (Lipinski definition) is 4. The average molecular weight is 256 g/mol. The first-order valence-corrected chi connectivity index (χ1v) is 7.07. The van der Waals surface area contributed by atoms with Crippen LogP contribution in [0.1, 0.15) is 47.0 Å². The molecule has 18 heavy (non-hydrogen) atoms. The molecule has 2 N–H and O–H groups in total. The molecule has 1 saturated heterocycles. The van der Waals surface area contributed by atoms with Gasteiger partial charge in [-0.25, -0.2) is 0 Å². The number of nitrogens with zero attached hydrogens (tertiary/aromatic N) is 1. The van der Waals surface area contributed by atoms with Gasteiger partial charge in [-0.15, -0.1) is 0 Å². The van der Waals surface area contributed by atoms with Crippen LogP contribution in [0.3, 0.4) is 0 Å². The number of likely N-dealkylation sites (tertiary alicyclic amines) is 1. The highest BCUT2D eigenvalue weighted by molar-refractivity contribution is 5.79. The maximum atomic E-state index is 11.6. The molecule has 1 aliphatic heterocycles.